The Morgan fingerprint density at radius 3 is 2.65 bits per heavy atom. The third-order valence-corrected chi connectivity index (χ3v) is 4.02. The number of halogens is 1. The standard InChI is InChI=1S/C16H24N2O4.ClH/c1-20-13-4-3-12(14(9-13)21-2)10-18-16(19)15(17)11-5-7-22-8-6-11;/h3-4,9,11,15H,5-8,10,17H2,1-2H3,(H,18,19);1H. The van der Waals surface area contributed by atoms with Gasteiger partial charge in [0.15, 0.2) is 0 Å². The molecule has 0 aliphatic carbocycles. The summed E-state index contributed by atoms with van der Waals surface area (Å²) in [5.41, 5.74) is 6.94. The average Bonchev–Trinajstić information content (AvgIpc) is 2.59. The molecular weight excluding hydrogens is 320 g/mol. The highest BCUT2D eigenvalue weighted by atomic mass is 35.5. The molecule has 0 spiro atoms. The maximum Gasteiger partial charge on any atom is 0.237 e. The molecule has 1 unspecified atom stereocenters. The molecule has 1 aromatic carbocycles. The molecule has 0 saturated carbocycles. The van der Waals surface area contributed by atoms with Crippen LogP contribution in [0.15, 0.2) is 18.2 Å². The first-order chi connectivity index (χ1) is 10.7. The summed E-state index contributed by atoms with van der Waals surface area (Å²) in [6, 6.07) is 5.01. The SMILES string of the molecule is COc1ccc(CNC(=O)C(N)C2CCOCC2)c(OC)c1.Cl. The van der Waals surface area contributed by atoms with Crippen LogP contribution in [-0.2, 0) is 16.1 Å². The first-order valence-corrected chi connectivity index (χ1v) is 7.47. The summed E-state index contributed by atoms with van der Waals surface area (Å²) >= 11 is 0. The maximum atomic E-state index is 12.2. The lowest BCUT2D eigenvalue weighted by atomic mass is 9.92. The van der Waals surface area contributed by atoms with E-state index in [0.29, 0.717) is 31.3 Å². The molecular formula is C16H25ClN2O4. The number of nitrogens with one attached hydrogen (secondary N) is 1. The lowest BCUT2D eigenvalue weighted by Gasteiger charge is -2.26. The van der Waals surface area contributed by atoms with Gasteiger partial charge in [0.1, 0.15) is 11.5 Å². The molecule has 7 heteroatoms. The lowest BCUT2D eigenvalue weighted by molar-refractivity contribution is -0.124. The number of methoxy groups -OCH3 is 2. The number of ether oxygens (including phenoxy) is 3. The molecule has 1 atom stereocenters. The van der Waals surface area contributed by atoms with E-state index in [0.717, 1.165) is 18.4 Å². The fourth-order valence-electron chi connectivity index (χ4n) is 2.59. The number of carbonyl (C=O) groups is 1. The minimum atomic E-state index is -0.492. The van der Waals surface area contributed by atoms with Gasteiger partial charge in [-0.3, -0.25) is 4.79 Å². The van der Waals surface area contributed by atoms with Crippen molar-refractivity contribution in [3.63, 3.8) is 0 Å². The molecule has 0 radical (unpaired) electrons. The zero-order valence-corrected chi connectivity index (χ0v) is 14.4. The minimum absolute atomic E-state index is 0. The van der Waals surface area contributed by atoms with Crippen LogP contribution in [-0.4, -0.2) is 39.4 Å². The third kappa shape index (κ3) is 5.27. The molecule has 1 fully saturated rings. The largest absolute Gasteiger partial charge is 0.497 e. The first kappa shape index (κ1) is 19.5. The maximum absolute atomic E-state index is 12.2. The Hall–Kier alpha value is -1.50. The molecule has 1 aliphatic heterocycles. The number of rotatable bonds is 6. The van der Waals surface area contributed by atoms with Crippen LogP contribution in [0.3, 0.4) is 0 Å². The highest BCUT2D eigenvalue weighted by molar-refractivity contribution is 5.85. The fraction of sp³-hybridized carbons (Fsp3) is 0.562. The van der Waals surface area contributed by atoms with Crippen molar-refractivity contribution in [2.75, 3.05) is 27.4 Å². The van der Waals surface area contributed by atoms with Crippen molar-refractivity contribution in [1.82, 2.24) is 5.32 Å². The predicted octanol–water partition coefficient (Wildman–Crippen LogP) is 1.50. The van der Waals surface area contributed by atoms with Gasteiger partial charge in [0.2, 0.25) is 5.91 Å². The summed E-state index contributed by atoms with van der Waals surface area (Å²) in [5, 5.41) is 2.88. The summed E-state index contributed by atoms with van der Waals surface area (Å²) in [5.74, 6) is 1.45. The Labute approximate surface area is 143 Å². The topological polar surface area (TPSA) is 82.8 Å². The number of hydrogen-bond donors (Lipinski definition) is 2. The van der Waals surface area contributed by atoms with E-state index in [1.807, 2.05) is 12.1 Å². The fourth-order valence-corrected chi connectivity index (χ4v) is 2.59. The van der Waals surface area contributed by atoms with Crippen LogP contribution in [0.25, 0.3) is 0 Å². The summed E-state index contributed by atoms with van der Waals surface area (Å²) in [4.78, 5) is 12.2. The first-order valence-electron chi connectivity index (χ1n) is 7.47. The molecule has 0 bridgehead atoms. The van der Waals surface area contributed by atoms with E-state index < -0.39 is 6.04 Å². The summed E-state index contributed by atoms with van der Waals surface area (Å²) < 4.78 is 15.8. The monoisotopic (exact) mass is 344 g/mol. The Morgan fingerprint density at radius 2 is 2.04 bits per heavy atom. The van der Waals surface area contributed by atoms with Crippen molar-refractivity contribution < 1.29 is 19.0 Å². The van der Waals surface area contributed by atoms with Gasteiger partial charge in [0.25, 0.3) is 0 Å². The number of nitrogens with two attached hydrogens (primary N) is 1. The quantitative estimate of drug-likeness (QED) is 0.817. The Balaban J connectivity index is 0.00000264. The van der Waals surface area contributed by atoms with Crippen molar-refractivity contribution in [2.24, 2.45) is 11.7 Å². The second-order valence-electron chi connectivity index (χ2n) is 5.37. The second kappa shape index (κ2) is 9.60. The molecule has 1 heterocycles. The number of benzene rings is 1. The zero-order valence-electron chi connectivity index (χ0n) is 13.5. The smallest absolute Gasteiger partial charge is 0.237 e. The van der Waals surface area contributed by atoms with Crippen molar-refractivity contribution in [2.45, 2.75) is 25.4 Å². The third-order valence-electron chi connectivity index (χ3n) is 4.02. The number of amides is 1. The zero-order chi connectivity index (χ0) is 15.9. The van der Waals surface area contributed by atoms with E-state index in [1.54, 1.807) is 20.3 Å². The molecule has 0 aromatic heterocycles. The highest BCUT2D eigenvalue weighted by Gasteiger charge is 2.26. The van der Waals surface area contributed by atoms with E-state index in [1.165, 1.54) is 0 Å². The van der Waals surface area contributed by atoms with Gasteiger partial charge in [0, 0.05) is 31.4 Å². The summed E-state index contributed by atoms with van der Waals surface area (Å²) in [6.45, 7) is 1.73. The van der Waals surface area contributed by atoms with Crippen molar-refractivity contribution in [3.05, 3.63) is 23.8 Å². The van der Waals surface area contributed by atoms with Gasteiger partial charge in [-0.2, -0.15) is 0 Å². The Kier molecular flexibility index (Phi) is 8.16. The molecule has 1 aliphatic rings. The minimum Gasteiger partial charge on any atom is -0.497 e. The number of carbonyl (C=O) groups excluding carboxylic acids is 1. The van der Waals surface area contributed by atoms with E-state index in [-0.39, 0.29) is 24.2 Å². The molecule has 3 N–H and O–H groups in total. The van der Waals surface area contributed by atoms with Crippen molar-refractivity contribution in [1.29, 1.82) is 0 Å². The average molecular weight is 345 g/mol. The highest BCUT2D eigenvalue weighted by Crippen LogP contribution is 2.24. The molecule has 2 rings (SSSR count). The van der Waals surface area contributed by atoms with Gasteiger partial charge < -0.3 is 25.3 Å². The molecule has 130 valence electrons. The molecule has 6 nitrogen and oxygen atoms in total. The van der Waals surface area contributed by atoms with Crippen molar-refractivity contribution in [3.8, 4) is 11.5 Å². The van der Waals surface area contributed by atoms with Crippen LogP contribution in [0.2, 0.25) is 0 Å². The van der Waals surface area contributed by atoms with Crippen LogP contribution in [0.4, 0.5) is 0 Å². The molecule has 23 heavy (non-hydrogen) atoms. The summed E-state index contributed by atoms with van der Waals surface area (Å²) in [6.07, 6.45) is 1.67. The number of hydrogen-bond acceptors (Lipinski definition) is 5. The van der Waals surface area contributed by atoms with E-state index in [2.05, 4.69) is 5.32 Å². The van der Waals surface area contributed by atoms with Crippen molar-refractivity contribution >= 4 is 18.3 Å². The van der Waals surface area contributed by atoms with Gasteiger partial charge in [-0.05, 0) is 30.9 Å². The van der Waals surface area contributed by atoms with Gasteiger partial charge in [-0.15, -0.1) is 12.4 Å². The summed E-state index contributed by atoms with van der Waals surface area (Å²) in [7, 11) is 3.19. The molecule has 1 amide bonds. The van der Waals surface area contributed by atoms with E-state index >= 15 is 0 Å². The Morgan fingerprint density at radius 1 is 1.35 bits per heavy atom. The van der Waals surface area contributed by atoms with Crippen LogP contribution < -0.4 is 20.5 Å². The molecule has 1 aromatic rings. The lowest BCUT2D eigenvalue weighted by Crippen LogP contribution is -2.46. The predicted molar refractivity (Wildman–Crippen MR) is 90.2 cm³/mol. The van der Waals surface area contributed by atoms with E-state index in [4.69, 9.17) is 19.9 Å². The normalized spacial score (nSPS) is 16.1. The van der Waals surface area contributed by atoms with Gasteiger partial charge >= 0.3 is 0 Å². The van der Waals surface area contributed by atoms with Crippen LogP contribution >= 0.6 is 12.4 Å². The van der Waals surface area contributed by atoms with Crippen LogP contribution in [0.5, 0.6) is 11.5 Å². The molecule has 1 saturated heterocycles. The van der Waals surface area contributed by atoms with Crippen LogP contribution in [0.1, 0.15) is 18.4 Å². The Bertz CT molecular complexity index is 507. The van der Waals surface area contributed by atoms with Crippen LogP contribution in [0, 0.1) is 5.92 Å². The van der Waals surface area contributed by atoms with Gasteiger partial charge in [0.05, 0.1) is 20.3 Å². The second-order valence-corrected chi connectivity index (χ2v) is 5.37. The van der Waals surface area contributed by atoms with E-state index in [9.17, 15) is 4.79 Å². The van der Waals surface area contributed by atoms with Gasteiger partial charge in [-0.25, -0.2) is 0 Å². The van der Waals surface area contributed by atoms with Gasteiger partial charge in [-0.1, -0.05) is 0 Å².